The van der Waals surface area contributed by atoms with E-state index in [4.69, 9.17) is 39.5 Å². The number of nitrogens with one attached hydrogen (secondary N) is 1. The Kier molecular flexibility index (Phi) is 5.82. The number of hydrogen-bond acceptors (Lipinski definition) is 4. The van der Waals surface area contributed by atoms with Gasteiger partial charge in [-0.15, -0.1) is 0 Å². The first kappa shape index (κ1) is 17.5. The van der Waals surface area contributed by atoms with E-state index in [0.29, 0.717) is 15.9 Å². The summed E-state index contributed by atoms with van der Waals surface area (Å²) in [6, 6.07) is 7.50. The van der Waals surface area contributed by atoms with Crippen molar-refractivity contribution >= 4 is 52.5 Å². The molecular weight excluding hydrogens is 363 g/mol. The topological polar surface area (TPSA) is 68.3 Å². The second-order valence-corrected chi connectivity index (χ2v) is 5.80. The van der Waals surface area contributed by atoms with Gasteiger partial charge in [0.2, 0.25) is 0 Å². The predicted molar refractivity (Wildman–Crippen MR) is 89.2 cm³/mol. The van der Waals surface area contributed by atoms with Crippen LogP contribution in [0.2, 0.25) is 15.1 Å². The zero-order valence-corrected chi connectivity index (χ0v) is 14.1. The molecule has 1 N–H and O–H groups in total. The van der Waals surface area contributed by atoms with Gasteiger partial charge in [0.15, 0.2) is 6.10 Å². The van der Waals surface area contributed by atoms with E-state index in [0.717, 1.165) is 0 Å². The van der Waals surface area contributed by atoms with Crippen molar-refractivity contribution in [2.75, 3.05) is 5.32 Å². The van der Waals surface area contributed by atoms with Crippen molar-refractivity contribution in [2.45, 2.75) is 13.0 Å². The Labute approximate surface area is 147 Å². The maximum atomic E-state index is 12.1. The summed E-state index contributed by atoms with van der Waals surface area (Å²) < 4.78 is 5.08. The summed E-state index contributed by atoms with van der Waals surface area (Å²) in [6.07, 6.45) is 0.342. The van der Waals surface area contributed by atoms with E-state index >= 15 is 0 Å². The van der Waals surface area contributed by atoms with Crippen molar-refractivity contribution in [3.8, 4) is 0 Å². The second kappa shape index (κ2) is 7.64. The third kappa shape index (κ3) is 4.82. The molecule has 1 atom stereocenters. The SMILES string of the molecule is C[C@@H](OC(=O)c1cc(Cl)ccc1Cl)C(=O)Nc1ccc(Cl)cn1. The van der Waals surface area contributed by atoms with E-state index in [-0.39, 0.29) is 10.6 Å². The number of halogens is 3. The molecule has 0 aliphatic heterocycles. The fourth-order valence-electron chi connectivity index (χ4n) is 1.61. The molecule has 0 spiro atoms. The number of aromatic nitrogens is 1. The summed E-state index contributed by atoms with van der Waals surface area (Å²) in [7, 11) is 0. The molecule has 1 amide bonds. The molecule has 0 fully saturated rings. The van der Waals surface area contributed by atoms with Gasteiger partial charge in [-0.3, -0.25) is 4.79 Å². The minimum Gasteiger partial charge on any atom is -0.449 e. The quantitative estimate of drug-likeness (QED) is 0.815. The van der Waals surface area contributed by atoms with Crippen molar-refractivity contribution in [3.05, 3.63) is 57.2 Å². The van der Waals surface area contributed by atoms with Crippen LogP contribution in [0.25, 0.3) is 0 Å². The van der Waals surface area contributed by atoms with Crippen LogP contribution in [0.15, 0.2) is 36.5 Å². The van der Waals surface area contributed by atoms with Crippen LogP contribution in [0, 0.1) is 0 Å². The number of rotatable bonds is 4. The Morgan fingerprint density at radius 3 is 2.48 bits per heavy atom. The average Bonchev–Trinajstić information content (AvgIpc) is 2.51. The lowest BCUT2D eigenvalue weighted by Crippen LogP contribution is -2.30. The molecule has 120 valence electrons. The Morgan fingerprint density at radius 1 is 1.13 bits per heavy atom. The number of carbonyl (C=O) groups excluding carboxylic acids is 2. The van der Waals surface area contributed by atoms with E-state index in [2.05, 4.69) is 10.3 Å². The summed E-state index contributed by atoms with van der Waals surface area (Å²) in [4.78, 5) is 28.0. The number of ether oxygens (including phenoxy) is 1. The molecule has 0 unspecified atom stereocenters. The van der Waals surface area contributed by atoms with Gasteiger partial charge in [0.05, 0.1) is 15.6 Å². The number of carbonyl (C=O) groups is 2. The van der Waals surface area contributed by atoms with Gasteiger partial charge in [-0.2, -0.15) is 0 Å². The number of esters is 1. The molecule has 0 saturated carbocycles. The van der Waals surface area contributed by atoms with Crippen molar-refractivity contribution in [1.82, 2.24) is 4.98 Å². The average molecular weight is 374 g/mol. The summed E-state index contributed by atoms with van der Waals surface area (Å²) in [5.74, 6) is -0.987. The summed E-state index contributed by atoms with van der Waals surface area (Å²) in [5, 5.41) is 3.47. The van der Waals surface area contributed by atoms with Crippen molar-refractivity contribution in [1.29, 1.82) is 0 Å². The van der Waals surface area contributed by atoms with Crippen LogP contribution in [0.5, 0.6) is 0 Å². The minimum absolute atomic E-state index is 0.0865. The van der Waals surface area contributed by atoms with Gasteiger partial charge in [0.25, 0.3) is 5.91 Å². The van der Waals surface area contributed by atoms with Gasteiger partial charge in [-0.1, -0.05) is 34.8 Å². The van der Waals surface area contributed by atoms with Gasteiger partial charge < -0.3 is 10.1 Å². The number of anilines is 1. The normalized spacial score (nSPS) is 11.7. The number of hydrogen-bond donors (Lipinski definition) is 1. The lowest BCUT2D eigenvalue weighted by molar-refractivity contribution is -0.123. The molecule has 8 heteroatoms. The molecule has 1 aromatic carbocycles. The van der Waals surface area contributed by atoms with Gasteiger partial charge in [0, 0.05) is 11.2 Å². The fraction of sp³-hybridized carbons (Fsp3) is 0.133. The molecule has 0 saturated heterocycles. The smallest absolute Gasteiger partial charge is 0.340 e. The highest BCUT2D eigenvalue weighted by Gasteiger charge is 2.21. The second-order valence-electron chi connectivity index (χ2n) is 4.52. The summed E-state index contributed by atoms with van der Waals surface area (Å²) >= 11 is 17.4. The number of nitrogens with zero attached hydrogens (tertiary/aromatic N) is 1. The van der Waals surface area contributed by atoms with Crippen LogP contribution in [0.3, 0.4) is 0 Å². The Morgan fingerprint density at radius 2 is 1.83 bits per heavy atom. The van der Waals surface area contributed by atoms with Crippen LogP contribution in [0.4, 0.5) is 5.82 Å². The van der Waals surface area contributed by atoms with Crippen molar-refractivity contribution in [3.63, 3.8) is 0 Å². The molecule has 1 aromatic heterocycles. The van der Waals surface area contributed by atoms with Crippen LogP contribution < -0.4 is 5.32 Å². The third-order valence-electron chi connectivity index (χ3n) is 2.78. The maximum absolute atomic E-state index is 12.1. The van der Waals surface area contributed by atoms with Gasteiger partial charge in [-0.25, -0.2) is 9.78 Å². The number of pyridine rings is 1. The van der Waals surface area contributed by atoms with E-state index in [9.17, 15) is 9.59 Å². The Bertz CT molecular complexity index is 735. The first-order chi connectivity index (χ1) is 10.9. The summed E-state index contributed by atoms with van der Waals surface area (Å²) in [5.41, 5.74) is 0.0865. The highest BCUT2D eigenvalue weighted by Crippen LogP contribution is 2.22. The zero-order valence-electron chi connectivity index (χ0n) is 11.8. The van der Waals surface area contributed by atoms with Crippen LogP contribution in [-0.2, 0) is 9.53 Å². The molecule has 2 rings (SSSR count). The van der Waals surface area contributed by atoms with Gasteiger partial charge in [-0.05, 0) is 37.3 Å². The molecule has 0 radical (unpaired) electrons. The van der Waals surface area contributed by atoms with E-state index < -0.39 is 18.0 Å². The first-order valence-electron chi connectivity index (χ1n) is 6.45. The predicted octanol–water partition coefficient (Wildman–Crippen LogP) is 4.23. The molecule has 0 bridgehead atoms. The molecule has 1 heterocycles. The minimum atomic E-state index is -1.05. The van der Waals surface area contributed by atoms with Crippen molar-refractivity contribution < 1.29 is 14.3 Å². The number of amides is 1. The Balaban J connectivity index is 2.01. The standard InChI is InChI=1S/C15H11Cl3N2O3/c1-8(14(21)20-13-5-3-10(17)7-19-13)23-15(22)11-6-9(16)2-4-12(11)18/h2-8H,1H3,(H,19,20,21)/t8-/m1/s1. The van der Waals surface area contributed by atoms with Crippen LogP contribution in [0.1, 0.15) is 17.3 Å². The number of benzene rings is 1. The largest absolute Gasteiger partial charge is 0.449 e. The zero-order chi connectivity index (χ0) is 17.0. The lowest BCUT2D eigenvalue weighted by atomic mass is 10.2. The Hall–Kier alpha value is -1.82. The third-order valence-corrected chi connectivity index (χ3v) is 3.57. The molecular formula is C15H11Cl3N2O3. The lowest BCUT2D eigenvalue weighted by Gasteiger charge is -2.13. The maximum Gasteiger partial charge on any atom is 0.340 e. The highest BCUT2D eigenvalue weighted by molar-refractivity contribution is 6.35. The highest BCUT2D eigenvalue weighted by atomic mass is 35.5. The molecule has 23 heavy (non-hydrogen) atoms. The summed E-state index contributed by atoms with van der Waals surface area (Å²) in [6.45, 7) is 1.43. The molecule has 5 nitrogen and oxygen atoms in total. The van der Waals surface area contributed by atoms with Crippen LogP contribution in [-0.4, -0.2) is 23.0 Å². The molecule has 0 aliphatic carbocycles. The monoisotopic (exact) mass is 372 g/mol. The van der Waals surface area contributed by atoms with Crippen LogP contribution >= 0.6 is 34.8 Å². The fourth-order valence-corrected chi connectivity index (χ4v) is 2.09. The van der Waals surface area contributed by atoms with Crippen molar-refractivity contribution in [2.24, 2.45) is 0 Å². The van der Waals surface area contributed by atoms with E-state index in [1.54, 1.807) is 12.1 Å². The molecule has 0 aliphatic rings. The van der Waals surface area contributed by atoms with Gasteiger partial charge in [0.1, 0.15) is 5.82 Å². The van der Waals surface area contributed by atoms with Gasteiger partial charge >= 0.3 is 5.97 Å². The van der Waals surface area contributed by atoms with E-state index in [1.807, 2.05) is 0 Å². The molecule has 2 aromatic rings. The van der Waals surface area contributed by atoms with E-state index in [1.165, 1.54) is 31.3 Å². The first-order valence-corrected chi connectivity index (χ1v) is 7.58.